The standard InChI is InChI=1S/C12H10FN3O3/c1-19-7-2-3-8(13)10(6-7)14-11-5-4-9(12(17)18)15-16-11/h2-6H,1H3,(H,14,16)(H,17,18). The second-order valence-corrected chi connectivity index (χ2v) is 3.58. The predicted octanol–water partition coefficient (Wildman–Crippen LogP) is 2.07. The molecule has 0 atom stereocenters. The average molecular weight is 263 g/mol. The fourth-order valence-corrected chi connectivity index (χ4v) is 1.38. The van der Waals surface area contributed by atoms with Gasteiger partial charge >= 0.3 is 5.97 Å². The summed E-state index contributed by atoms with van der Waals surface area (Å²) >= 11 is 0. The first kappa shape index (κ1) is 12.7. The number of halogens is 1. The number of carbonyl (C=O) groups is 1. The number of nitrogens with zero attached hydrogens (tertiary/aromatic N) is 2. The van der Waals surface area contributed by atoms with Gasteiger partial charge in [0.1, 0.15) is 11.6 Å². The zero-order valence-corrected chi connectivity index (χ0v) is 9.92. The normalized spacial score (nSPS) is 10.0. The Kier molecular flexibility index (Phi) is 3.56. The second-order valence-electron chi connectivity index (χ2n) is 3.58. The van der Waals surface area contributed by atoms with Crippen molar-refractivity contribution in [1.29, 1.82) is 0 Å². The van der Waals surface area contributed by atoms with Gasteiger partial charge in [-0.15, -0.1) is 10.2 Å². The maximum absolute atomic E-state index is 13.5. The van der Waals surface area contributed by atoms with E-state index in [4.69, 9.17) is 9.84 Å². The first-order valence-electron chi connectivity index (χ1n) is 5.28. The number of nitrogens with one attached hydrogen (secondary N) is 1. The Bertz CT molecular complexity index is 602. The molecule has 2 aromatic rings. The molecule has 0 aliphatic heterocycles. The van der Waals surface area contributed by atoms with Crippen molar-refractivity contribution in [3.8, 4) is 5.75 Å². The van der Waals surface area contributed by atoms with E-state index in [-0.39, 0.29) is 17.2 Å². The van der Waals surface area contributed by atoms with Gasteiger partial charge in [-0.05, 0) is 24.3 Å². The van der Waals surface area contributed by atoms with Gasteiger partial charge in [-0.3, -0.25) is 0 Å². The summed E-state index contributed by atoms with van der Waals surface area (Å²) in [5, 5.41) is 18.5. The Hall–Kier alpha value is -2.70. The van der Waals surface area contributed by atoms with E-state index >= 15 is 0 Å². The summed E-state index contributed by atoms with van der Waals surface area (Å²) in [6.07, 6.45) is 0. The fourth-order valence-electron chi connectivity index (χ4n) is 1.38. The molecule has 2 N–H and O–H groups in total. The van der Waals surface area contributed by atoms with Crippen LogP contribution in [-0.2, 0) is 0 Å². The van der Waals surface area contributed by atoms with Gasteiger partial charge in [0.2, 0.25) is 0 Å². The molecule has 0 fully saturated rings. The molecule has 1 aromatic carbocycles. The average Bonchev–Trinajstić information content (AvgIpc) is 2.42. The number of carboxylic acid groups (broad SMARTS) is 1. The number of carboxylic acids is 1. The summed E-state index contributed by atoms with van der Waals surface area (Å²) in [5.41, 5.74) is -0.0200. The van der Waals surface area contributed by atoms with E-state index in [1.54, 1.807) is 0 Å². The second kappa shape index (κ2) is 5.30. The first-order chi connectivity index (χ1) is 9.10. The highest BCUT2D eigenvalue weighted by atomic mass is 19.1. The van der Waals surface area contributed by atoms with Gasteiger partial charge in [-0.2, -0.15) is 0 Å². The highest BCUT2D eigenvalue weighted by molar-refractivity contribution is 5.85. The maximum atomic E-state index is 13.5. The smallest absolute Gasteiger partial charge is 0.356 e. The largest absolute Gasteiger partial charge is 0.497 e. The van der Waals surface area contributed by atoms with Crippen LogP contribution < -0.4 is 10.1 Å². The minimum absolute atomic E-state index is 0.164. The lowest BCUT2D eigenvalue weighted by molar-refractivity contribution is 0.0689. The van der Waals surface area contributed by atoms with E-state index in [0.717, 1.165) is 0 Å². The highest BCUT2D eigenvalue weighted by Crippen LogP contribution is 2.23. The van der Waals surface area contributed by atoms with Crippen LogP contribution in [0.4, 0.5) is 15.9 Å². The molecule has 1 aromatic heterocycles. The Morgan fingerprint density at radius 3 is 2.68 bits per heavy atom. The first-order valence-corrected chi connectivity index (χ1v) is 5.28. The lowest BCUT2D eigenvalue weighted by atomic mass is 10.3. The van der Waals surface area contributed by atoms with Crippen LogP contribution in [-0.4, -0.2) is 28.4 Å². The van der Waals surface area contributed by atoms with Crippen LogP contribution in [0.1, 0.15) is 10.5 Å². The van der Waals surface area contributed by atoms with Crippen molar-refractivity contribution in [3.63, 3.8) is 0 Å². The number of methoxy groups -OCH3 is 1. The Morgan fingerprint density at radius 1 is 1.32 bits per heavy atom. The third-order valence-corrected chi connectivity index (χ3v) is 2.32. The third-order valence-electron chi connectivity index (χ3n) is 2.32. The van der Waals surface area contributed by atoms with E-state index in [1.807, 2.05) is 0 Å². The molecule has 7 heteroatoms. The highest BCUT2D eigenvalue weighted by Gasteiger charge is 2.08. The number of benzene rings is 1. The summed E-state index contributed by atoms with van der Waals surface area (Å²) in [7, 11) is 1.47. The molecule has 19 heavy (non-hydrogen) atoms. The minimum atomic E-state index is -1.17. The van der Waals surface area contributed by atoms with Crippen molar-refractivity contribution in [1.82, 2.24) is 10.2 Å². The number of ether oxygens (including phenoxy) is 1. The molecule has 0 unspecified atom stereocenters. The molecular weight excluding hydrogens is 253 g/mol. The molecule has 0 amide bonds. The third kappa shape index (κ3) is 2.95. The molecule has 0 bridgehead atoms. The molecule has 0 spiro atoms. The fraction of sp³-hybridized carbons (Fsp3) is 0.0833. The molecular formula is C12H10FN3O3. The van der Waals surface area contributed by atoms with Crippen LogP contribution in [0.25, 0.3) is 0 Å². The number of anilines is 2. The summed E-state index contributed by atoms with van der Waals surface area (Å²) in [4.78, 5) is 10.6. The molecule has 0 saturated carbocycles. The zero-order chi connectivity index (χ0) is 13.8. The molecule has 0 radical (unpaired) electrons. The molecule has 1 heterocycles. The lowest BCUT2D eigenvalue weighted by Crippen LogP contribution is -2.04. The van der Waals surface area contributed by atoms with E-state index in [2.05, 4.69) is 15.5 Å². The van der Waals surface area contributed by atoms with E-state index in [0.29, 0.717) is 5.75 Å². The summed E-state index contributed by atoms with van der Waals surface area (Å²) in [6, 6.07) is 6.87. The van der Waals surface area contributed by atoms with Crippen LogP contribution in [0.15, 0.2) is 30.3 Å². The van der Waals surface area contributed by atoms with Gasteiger partial charge in [0, 0.05) is 6.07 Å². The number of aromatic carboxylic acids is 1. The Morgan fingerprint density at radius 2 is 2.11 bits per heavy atom. The Balaban J connectivity index is 2.23. The summed E-state index contributed by atoms with van der Waals surface area (Å²) in [5.74, 6) is -0.937. The Labute approximate surface area is 107 Å². The summed E-state index contributed by atoms with van der Waals surface area (Å²) in [6.45, 7) is 0. The number of hydrogen-bond acceptors (Lipinski definition) is 5. The van der Waals surface area contributed by atoms with Gasteiger partial charge < -0.3 is 15.2 Å². The maximum Gasteiger partial charge on any atom is 0.356 e. The van der Waals surface area contributed by atoms with Crippen LogP contribution >= 0.6 is 0 Å². The van der Waals surface area contributed by atoms with E-state index in [9.17, 15) is 9.18 Å². The number of hydrogen-bond donors (Lipinski definition) is 2. The van der Waals surface area contributed by atoms with Gasteiger partial charge in [-0.1, -0.05) is 0 Å². The van der Waals surface area contributed by atoms with Crippen LogP contribution in [0.2, 0.25) is 0 Å². The van der Waals surface area contributed by atoms with Crippen molar-refractivity contribution in [2.45, 2.75) is 0 Å². The quantitative estimate of drug-likeness (QED) is 0.878. The zero-order valence-electron chi connectivity index (χ0n) is 9.92. The van der Waals surface area contributed by atoms with Crippen LogP contribution in [0.3, 0.4) is 0 Å². The van der Waals surface area contributed by atoms with Crippen molar-refractivity contribution in [3.05, 3.63) is 41.8 Å². The molecule has 0 saturated heterocycles. The molecule has 98 valence electrons. The SMILES string of the molecule is COc1ccc(F)c(Nc2ccc(C(=O)O)nn2)c1. The van der Waals surface area contributed by atoms with Crippen LogP contribution in [0, 0.1) is 5.82 Å². The van der Waals surface area contributed by atoms with Gasteiger partial charge in [0.05, 0.1) is 12.8 Å². The topological polar surface area (TPSA) is 84.3 Å². The van der Waals surface area contributed by atoms with Gasteiger partial charge in [-0.25, -0.2) is 9.18 Å². The van der Waals surface area contributed by atoms with Crippen molar-refractivity contribution < 1.29 is 19.0 Å². The monoisotopic (exact) mass is 263 g/mol. The van der Waals surface area contributed by atoms with Crippen molar-refractivity contribution in [2.75, 3.05) is 12.4 Å². The minimum Gasteiger partial charge on any atom is -0.497 e. The van der Waals surface area contributed by atoms with E-state index < -0.39 is 11.8 Å². The van der Waals surface area contributed by atoms with Gasteiger partial charge in [0.25, 0.3) is 0 Å². The van der Waals surface area contributed by atoms with E-state index in [1.165, 1.54) is 37.4 Å². The number of aromatic nitrogens is 2. The molecule has 0 aliphatic carbocycles. The van der Waals surface area contributed by atoms with Crippen molar-refractivity contribution >= 4 is 17.5 Å². The van der Waals surface area contributed by atoms with Crippen molar-refractivity contribution in [2.24, 2.45) is 0 Å². The summed E-state index contributed by atoms with van der Waals surface area (Å²) < 4.78 is 18.5. The molecule has 6 nitrogen and oxygen atoms in total. The molecule has 0 aliphatic rings. The lowest BCUT2D eigenvalue weighted by Gasteiger charge is -2.08. The predicted molar refractivity (Wildman–Crippen MR) is 65.2 cm³/mol. The van der Waals surface area contributed by atoms with Crippen LogP contribution in [0.5, 0.6) is 5.75 Å². The number of rotatable bonds is 4. The molecule has 2 rings (SSSR count). The van der Waals surface area contributed by atoms with Gasteiger partial charge in [0.15, 0.2) is 11.5 Å².